The molecule has 5 nitrogen and oxygen atoms in total. The Hall–Kier alpha value is -2.92. The summed E-state index contributed by atoms with van der Waals surface area (Å²) in [5, 5.41) is 0. The predicted molar refractivity (Wildman–Crippen MR) is 114 cm³/mol. The molecule has 1 aromatic carbocycles. The molecule has 0 bridgehead atoms. The van der Waals surface area contributed by atoms with Crippen molar-refractivity contribution >= 4 is 0 Å². The fraction of sp³-hybridized carbons (Fsp3) is 0.333. The Kier molecular flexibility index (Phi) is 6.37. The van der Waals surface area contributed by atoms with E-state index in [9.17, 15) is 4.79 Å². The smallest absolute Gasteiger partial charge is 0.254 e. The third-order valence-electron chi connectivity index (χ3n) is 5.37. The first-order valence-electron chi connectivity index (χ1n) is 10.3. The summed E-state index contributed by atoms with van der Waals surface area (Å²) in [4.78, 5) is 19.0. The van der Waals surface area contributed by atoms with E-state index in [1.165, 1.54) is 37.1 Å². The van der Waals surface area contributed by atoms with Gasteiger partial charge < -0.3 is 9.30 Å². The molecule has 0 unspecified atom stereocenters. The van der Waals surface area contributed by atoms with Crippen molar-refractivity contribution in [3.63, 3.8) is 0 Å². The Bertz CT molecular complexity index is 961. The second-order valence-electron chi connectivity index (χ2n) is 7.59. The van der Waals surface area contributed by atoms with Gasteiger partial charge in [0, 0.05) is 43.3 Å². The maximum atomic E-state index is 12.4. The molecular weight excluding hydrogens is 362 g/mol. The molecule has 3 aromatic rings. The average Bonchev–Trinajstić information content (AvgIpc) is 3.26. The van der Waals surface area contributed by atoms with Crippen LogP contribution in [-0.4, -0.2) is 27.5 Å². The predicted octanol–water partition coefficient (Wildman–Crippen LogP) is 3.66. The Morgan fingerprint density at radius 3 is 2.48 bits per heavy atom. The van der Waals surface area contributed by atoms with Crippen LogP contribution in [0, 0.1) is 0 Å². The minimum Gasteiger partial charge on any atom is -0.489 e. The van der Waals surface area contributed by atoms with Crippen LogP contribution in [0.1, 0.15) is 29.5 Å². The second-order valence-corrected chi connectivity index (χ2v) is 7.59. The van der Waals surface area contributed by atoms with Gasteiger partial charge in [0.15, 0.2) is 0 Å². The van der Waals surface area contributed by atoms with E-state index in [-0.39, 0.29) is 5.56 Å². The summed E-state index contributed by atoms with van der Waals surface area (Å²) in [5.41, 5.74) is 3.55. The number of hydrogen-bond donors (Lipinski definition) is 0. The summed E-state index contributed by atoms with van der Waals surface area (Å²) in [7, 11) is 0. The van der Waals surface area contributed by atoms with Crippen molar-refractivity contribution in [2.24, 2.45) is 0 Å². The van der Waals surface area contributed by atoms with Gasteiger partial charge in [-0.05, 0) is 55.6 Å². The molecule has 4 rings (SSSR count). The van der Waals surface area contributed by atoms with Crippen LogP contribution in [0.25, 0.3) is 0 Å². The molecule has 1 aliphatic rings. The maximum absolute atomic E-state index is 12.4. The minimum atomic E-state index is -0.0423. The number of rotatable bonds is 8. The molecule has 0 radical (unpaired) electrons. The maximum Gasteiger partial charge on any atom is 0.254 e. The average molecular weight is 389 g/mol. The lowest BCUT2D eigenvalue weighted by Crippen LogP contribution is -2.20. The van der Waals surface area contributed by atoms with E-state index in [0.29, 0.717) is 18.9 Å². The van der Waals surface area contributed by atoms with Crippen molar-refractivity contribution in [3.05, 3.63) is 94.2 Å². The van der Waals surface area contributed by atoms with Gasteiger partial charge in [-0.25, -0.2) is 0 Å². The highest BCUT2D eigenvalue weighted by atomic mass is 16.5. The Labute approximate surface area is 171 Å². The highest BCUT2D eigenvalue weighted by molar-refractivity contribution is 5.23. The SMILES string of the molecule is O=c1cc(OCc2cccnc2)ccn1CCc1ccc(CN2CCCC2)cc1. The van der Waals surface area contributed by atoms with Crippen molar-refractivity contribution in [1.29, 1.82) is 0 Å². The van der Waals surface area contributed by atoms with Gasteiger partial charge in [0.25, 0.3) is 5.56 Å². The second kappa shape index (κ2) is 9.52. The molecule has 0 N–H and O–H groups in total. The normalized spacial score (nSPS) is 14.2. The van der Waals surface area contributed by atoms with Crippen LogP contribution in [0.4, 0.5) is 0 Å². The molecule has 0 saturated carbocycles. The molecule has 0 spiro atoms. The number of ether oxygens (including phenoxy) is 1. The van der Waals surface area contributed by atoms with Gasteiger partial charge in [0.05, 0.1) is 0 Å². The van der Waals surface area contributed by atoms with E-state index in [1.54, 1.807) is 23.0 Å². The molecule has 0 atom stereocenters. The Morgan fingerprint density at radius 1 is 0.966 bits per heavy atom. The van der Waals surface area contributed by atoms with Crippen LogP contribution < -0.4 is 10.3 Å². The fourth-order valence-corrected chi connectivity index (χ4v) is 3.67. The van der Waals surface area contributed by atoms with Gasteiger partial charge in [-0.1, -0.05) is 30.3 Å². The van der Waals surface area contributed by atoms with Crippen LogP contribution in [0.5, 0.6) is 5.75 Å². The van der Waals surface area contributed by atoms with E-state index in [2.05, 4.69) is 34.1 Å². The Morgan fingerprint density at radius 2 is 1.76 bits per heavy atom. The summed E-state index contributed by atoms with van der Waals surface area (Å²) >= 11 is 0. The quantitative estimate of drug-likeness (QED) is 0.590. The van der Waals surface area contributed by atoms with E-state index in [1.807, 2.05) is 24.4 Å². The van der Waals surface area contributed by atoms with Crippen LogP contribution in [0.3, 0.4) is 0 Å². The first-order valence-corrected chi connectivity index (χ1v) is 10.3. The molecule has 0 amide bonds. The van der Waals surface area contributed by atoms with Crippen LogP contribution in [0.2, 0.25) is 0 Å². The van der Waals surface area contributed by atoms with Gasteiger partial charge >= 0.3 is 0 Å². The van der Waals surface area contributed by atoms with E-state index >= 15 is 0 Å². The first-order chi connectivity index (χ1) is 14.3. The number of pyridine rings is 2. The summed E-state index contributed by atoms with van der Waals surface area (Å²) in [6.45, 7) is 4.54. The van der Waals surface area contributed by atoms with E-state index in [4.69, 9.17) is 4.74 Å². The molecular formula is C24H27N3O2. The van der Waals surface area contributed by atoms with Crippen molar-refractivity contribution in [2.75, 3.05) is 13.1 Å². The van der Waals surface area contributed by atoms with Crippen LogP contribution in [-0.2, 0) is 26.1 Å². The van der Waals surface area contributed by atoms with Gasteiger partial charge in [0.2, 0.25) is 0 Å². The van der Waals surface area contributed by atoms with Gasteiger partial charge in [-0.3, -0.25) is 14.7 Å². The fourth-order valence-electron chi connectivity index (χ4n) is 3.67. The van der Waals surface area contributed by atoms with Crippen molar-refractivity contribution in [1.82, 2.24) is 14.5 Å². The van der Waals surface area contributed by atoms with Crippen LogP contribution >= 0.6 is 0 Å². The minimum absolute atomic E-state index is 0.0423. The van der Waals surface area contributed by atoms with Crippen molar-refractivity contribution in [2.45, 2.75) is 39.0 Å². The zero-order chi connectivity index (χ0) is 19.9. The zero-order valence-corrected chi connectivity index (χ0v) is 16.7. The van der Waals surface area contributed by atoms with Crippen molar-refractivity contribution < 1.29 is 4.74 Å². The summed E-state index contributed by atoms with van der Waals surface area (Å²) in [6.07, 6.45) is 8.77. The number of benzene rings is 1. The summed E-state index contributed by atoms with van der Waals surface area (Å²) in [6, 6.07) is 16.0. The third kappa shape index (κ3) is 5.55. The van der Waals surface area contributed by atoms with Gasteiger partial charge in [-0.2, -0.15) is 0 Å². The third-order valence-corrected chi connectivity index (χ3v) is 5.37. The molecule has 29 heavy (non-hydrogen) atoms. The molecule has 3 heterocycles. The van der Waals surface area contributed by atoms with E-state index in [0.717, 1.165) is 18.5 Å². The number of aromatic nitrogens is 2. The van der Waals surface area contributed by atoms with Crippen LogP contribution in [0.15, 0.2) is 71.9 Å². The Balaban J connectivity index is 1.29. The molecule has 1 saturated heterocycles. The summed E-state index contributed by atoms with van der Waals surface area (Å²) in [5.74, 6) is 0.585. The molecule has 2 aromatic heterocycles. The van der Waals surface area contributed by atoms with Gasteiger partial charge in [-0.15, -0.1) is 0 Å². The molecule has 1 aliphatic heterocycles. The highest BCUT2D eigenvalue weighted by Crippen LogP contribution is 2.14. The molecule has 0 aliphatic carbocycles. The lowest BCUT2D eigenvalue weighted by atomic mass is 10.1. The molecule has 1 fully saturated rings. The largest absolute Gasteiger partial charge is 0.489 e. The molecule has 150 valence electrons. The lowest BCUT2D eigenvalue weighted by molar-refractivity contribution is 0.304. The number of likely N-dealkylation sites (tertiary alicyclic amines) is 1. The number of aryl methyl sites for hydroxylation is 2. The molecule has 5 heteroatoms. The van der Waals surface area contributed by atoms with Crippen molar-refractivity contribution in [3.8, 4) is 5.75 Å². The van der Waals surface area contributed by atoms with E-state index < -0.39 is 0 Å². The number of nitrogens with zero attached hydrogens (tertiary/aromatic N) is 3. The lowest BCUT2D eigenvalue weighted by Gasteiger charge is -2.14. The zero-order valence-electron chi connectivity index (χ0n) is 16.7. The monoisotopic (exact) mass is 389 g/mol. The summed E-state index contributed by atoms with van der Waals surface area (Å²) < 4.78 is 7.43. The standard InChI is InChI=1S/C24H27N3O2/c28-24-16-23(29-19-22-4-3-11-25-17-22)10-15-27(24)14-9-20-5-7-21(8-6-20)18-26-12-1-2-13-26/h3-8,10-11,15-17H,1-2,9,12-14,18-19H2. The first kappa shape index (κ1) is 19.4. The highest BCUT2D eigenvalue weighted by Gasteiger charge is 2.11. The van der Waals surface area contributed by atoms with Gasteiger partial charge in [0.1, 0.15) is 12.4 Å². The topological polar surface area (TPSA) is 47.4 Å². The number of hydrogen-bond acceptors (Lipinski definition) is 4.